The van der Waals surface area contributed by atoms with Crippen molar-refractivity contribution >= 4 is 12.3 Å². The minimum absolute atomic E-state index is 0.0784. The zero-order chi connectivity index (χ0) is 19.8. The van der Waals surface area contributed by atoms with Crippen LogP contribution in [0.3, 0.4) is 0 Å². The quantitative estimate of drug-likeness (QED) is 0.196. The third-order valence-electron chi connectivity index (χ3n) is 2.13. The fourth-order valence-electron chi connectivity index (χ4n) is 1.04. The van der Waals surface area contributed by atoms with Crippen LogP contribution in [0.15, 0.2) is 0 Å². The van der Waals surface area contributed by atoms with Crippen LogP contribution in [0, 0.1) is 35.5 Å². The van der Waals surface area contributed by atoms with Crippen LogP contribution < -0.4 is 0 Å². The number of ether oxygens (including phenoxy) is 2. The van der Waals surface area contributed by atoms with Gasteiger partial charge in [0.2, 0.25) is 6.29 Å². The monoisotopic (exact) mass is 374 g/mol. The Hall–Kier alpha value is -2.50. The Morgan fingerprint density at radius 1 is 0.808 bits per heavy atom. The smallest absolute Gasteiger partial charge is 0.433 e. The van der Waals surface area contributed by atoms with E-state index in [0.29, 0.717) is 0 Å². The van der Waals surface area contributed by atoms with Gasteiger partial charge in [0.05, 0.1) is 19.1 Å². The van der Waals surface area contributed by atoms with Crippen molar-refractivity contribution in [2.75, 3.05) is 13.2 Å². The average molecular weight is 374 g/mol. The summed E-state index contributed by atoms with van der Waals surface area (Å²) >= 11 is 0. The molecule has 0 saturated heterocycles. The topological polar surface area (TPSA) is 108 Å². The normalized spacial score (nSPS) is 10.9. The van der Waals surface area contributed by atoms with E-state index in [0.717, 1.165) is 0 Å². The van der Waals surface area contributed by atoms with Crippen molar-refractivity contribution in [3.05, 3.63) is 0 Å². The minimum Gasteiger partial charge on any atom is -0.433 e. The van der Waals surface area contributed by atoms with Crippen molar-refractivity contribution in [3.8, 4) is 23.7 Å². The molecule has 0 aromatic carbocycles. The standard InChI is InChI=1S/C16H22O10/c1-6-19-15(17)23-25-21-14(22-26-24-16(18)20-7-2)13(5)11-9-8-10-12(3)4/h12-14H,6-7H2,1-5H3. The van der Waals surface area contributed by atoms with E-state index in [-0.39, 0.29) is 19.1 Å². The highest BCUT2D eigenvalue weighted by Crippen LogP contribution is 2.10. The summed E-state index contributed by atoms with van der Waals surface area (Å²) in [5.74, 6) is 10.2. The van der Waals surface area contributed by atoms with Gasteiger partial charge >= 0.3 is 12.3 Å². The second-order valence-corrected chi connectivity index (χ2v) is 4.71. The molecule has 0 aromatic rings. The minimum atomic E-state index is -1.37. The molecule has 0 amide bonds. The summed E-state index contributed by atoms with van der Waals surface area (Å²) in [4.78, 5) is 39.7. The fourth-order valence-corrected chi connectivity index (χ4v) is 1.04. The van der Waals surface area contributed by atoms with Crippen LogP contribution >= 0.6 is 0 Å². The van der Waals surface area contributed by atoms with Gasteiger partial charge < -0.3 is 9.47 Å². The second-order valence-electron chi connectivity index (χ2n) is 4.71. The van der Waals surface area contributed by atoms with Crippen LogP contribution in [0.25, 0.3) is 0 Å². The molecule has 0 heterocycles. The summed E-state index contributed by atoms with van der Waals surface area (Å²) in [6, 6.07) is 0. The van der Waals surface area contributed by atoms with Gasteiger partial charge in [-0.15, -0.1) is 0 Å². The van der Waals surface area contributed by atoms with Gasteiger partial charge in [0.1, 0.15) is 0 Å². The zero-order valence-corrected chi connectivity index (χ0v) is 15.2. The second kappa shape index (κ2) is 14.8. The first kappa shape index (κ1) is 23.5. The third kappa shape index (κ3) is 12.9. The lowest BCUT2D eigenvalue weighted by molar-refractivity contribution is -0.599. The van der Waals surface area contributed by atoms with Gasteiger partial charge in [0.25, 0.3) is 0 Å². The Morgan fingerprint density at radius 3 is 1.69 bits per heavy atom. The molecule has 0 N–H and O–H groups in total. The van der Waals surface area contributed by atoms with E-state index in [9.17, 15) is 9.59 Å². The molecule has 0 spiro atoms. The predicted molar refractivity (Wildman–Crippen MR) is 83.9 cm³/mol. The molecule has 0 aromatic heterocycles. The van der Waals surface area contributed by atoms with E-state index >= 15 is 0 Å². The van der Waals surface area contributed by atoms with Crippen LogP contribution in [0.2, 0.25) is 0 Å². The Kier molecular flexibility index (Phi) is 13.4. The first-order valence-corrected chi connectivity index (χ1v) is 7.75. The first-order valence-electron chi connectivity index (χ1n) is 7.75. The molecule has 0 fully saturated rings. The molecular formula is C16H22O10. The first-order chi connectivity index (χ1) is 12.4. The van der Waals surface area contributed by atoms with Gasteiger partial charge in [-0.2, -0.15) is 9.78 Å². The van der Waals surface area contributed by atoms with E-state index in [1.54, 1.807) is 20.8 Å². The van der Waals surface area contributed by atoms with Crippen molar-refractivity contribution in [2.24, 2.45) is 11.8 Å². The Bertz CT molecular complexity index is 513. The van der Waals surface area contributed by atoms with Crippen molar-refractivity contribution in [1.82, 2.24) is 0 Å². The van der Waals surface area contributed by atoms with Crippen LogP contribution in [0.1, 0.15) is 34.6 Å². The molecule has 0 saturated carbocycles. The largest absolute Gasteiger partial charge is 0.542 e. The van der Waals surface area contributed by atoms with E-state index < -0.39 is 24.5 Å². The molecule has 1 unspecified atom stereocenters. The van der Waals surface area contributed by atoms with Crippen LogP contribution in [0.5, 0.6) is 0 Å². The molecule has 26 heavy (non-hydrogen) atoms. The molecule has 0 bridgehead atoms. The molecule has 10 nitrogen and oxygen atoms in total. The number of carbonyl (C=O) groups is 2. The van der Waals surface area contributed by atoms with Gasteiger partial charge in [-0.05, 0) is 42.7 Å². The maximum absolute atomic E-state index is 11.0. The lowest BCUT2D eigenvalue weighted by atomic mass is 10.2. The van der Waals surface area contributed by atoms with Crippen LogP contribution in [-0.2, 0) is 39.1 Å². The van der Waals surface area contributed by atoms with Crippen LogP contribution in [-0.4, -0.2) is 31.8 Å². The molecule has 10 heteroatoms. The number of hydrogen-bond donors (Lipinski definition) is 0. The van der Waals surface area contributed by atoms with Crippen molar-refractivity contribution < 1.29 is 48.7 Å². The van der Waals surface area contributed by atoms with Crippen molar-refractivity contribution in [3.63, 3.8) is 0 Å². The number of hydrogen-bond acceptors (Lipinski definition) is 10. The summed E-state index contributed by atoms with van der Waals surface area (Å²) in [7, 11) is 0. The maximum Gasteiger partial charge on any atom is 0.542 e. The summed E-state index contributed by atoms with van der Waals surface area (Å²) in [5.41, 5.74) is 0. The summed E-state index contributed by atoms with van der Waals surface area (Å²) < 4.78 is 8.91. The summed E-state index contributed by atoms with van der Waals surface area (Å²) in [6.45, 7) is 8.69. The zero-order valence-electron chi connectivity index (χ0n) is 15.2. The molecule has 146 valence electrons. The van der Waals surface area contributed by atoms with Gasteiger partial charge in [0.15, 0.2) is 0 Å². The predicted octanol–water partition coefficient (Wildman–Crippen LogP) is 2.68. The van der Waals surface area contributed by atoms with E-state index in [1.807, 2.05) is 13.8 Å². The lowest BCUT2D eigenvalue weighted by Gasteiger charge is -2.15. The highest BCUT2D eigenvalue weighted by Gasteiger charge is 2.23. The Morgan fingerprint density at radius 2 is 1.27 bits per heavy atom. The van der Waals surface area contributed by atoms with Gasteiger partial charge in [-0.1, -0.05) is 25.7 Å². The SMILES string of the molecule is CCOC(=O)OOOC(OOOC(=O)OCC)C(C)C#CC#CC(C)C. The van der Waals surface area contributed by atoms with Crippen LogP contribution in [0.4, 0.5) is 9.59 Å². The Balaban J connectivity index is 4.63. The number of rotatable bonds is 9. The highest BCUT2D eigenvalue weighted by molar-refractivity contribution is 5.59. The molecule has 0 aliphatic heterocycles. The van der Waals surface area contributed by atoms with Crippen molar-refractivity contribution in [2.45, 2.75) is 40.9 Å². The molecule has 0 aliphatic rings. The van der Waals surface area contributed by atoms with E-state index in [1.165, 1.54) is 0 Å². The third-order valence-corrected chi connectivity index (χ3v) is 2.13. The molecule has 0 aliphatic carbocycles. The van der Waals surface area contributed by atoms with E-state index in [2.05, 4.69) is 62.8 Å². The van der Waals surface area contributed by atoms with Gasteiger partial charge in [-0.25, -0.2) is 19.4 Å². The van der Waals surface area contributed by atoms with Gasteiger partial charge in [-0.3, -0.25) is 0 Å². The summed E-state index contributed by atoms with van der Waals surface area (Å²) in [6.07, 6.45) is -3.62. The van der Waals surface area contributed by atoms with E-state index in [4.69, 9.17) is 0 Å². The fraction of sp³-hybridized carbons (Fsp3) is 0.625. The highest BCUT2D eigenvalue weighted by atomic mass is 17.6. The molecule has 0 radical (unpaired) electrons. The lowest BCUT2D eigenvalue weighted by Crippen LogP contribution is -2.26. The number of carbonyl (C=O) groups excluding carboxylic acids is 2. The molecule has 1 atom stereocenters. The summed E-state index contributed by atoms with van der Waals surface area (Å²) in [5, 5.41) is 8.45. The van der Waals surface area contributed by atoms with Gasteiger partial charge in [0, 0.05) is 5.92 Å². The van der Waals surface area contributed by atoms with Crippen molar-refractivity contribution in [1.29, 1.82) is 0 Å². The molecular weight excluding hydrogens is 352 g/mol. The Labute approximate surface area is 151 Å². The maximum atomic E-state index is 11.0. The average Bonchev–Trinajstić information content (AvgIpc) is 2.57. The molecule has 0 rings (SSSR count).